The predicted octanol–water partition coefficient (Wildman–Crippen LogP) is 3.17. The van der Waals surface area contributed by atoms with Crippen molar-refractivity contribution in [3.8, 4) is 0 Å². The maximum Gasteiger partial charge on any atom is 0.298 e. The van der Waals surface area contributed by atoms with E-state index in [4.69, 9.17) is 16.2 Å². The zero-order valence-corrected chi connectivity index (χ0v) is 17.5. The second-order valence-electron chi connectivity index (χ2n) is 7.29. The lowest BCUT2D eigenvalue weighted by Gasteiger charge is -2.33. The number of pyridine rings is 1. The molecule has 0 spiro atoms. The van der Waals surface area contributed by atoms with Crippen molar-refractivity contribution < 1.29 is 17.9 Å². The summed E-state index contributed by atoms with van der Waals surface area (Å²) in [4.78, 5) is 16.0. The molecule has 3 aromatic rings. The van der Waals surface area contributed by atoms with E-state index in [-0.39, 0.29) is 18.2 Å². The highest BCUT2D eigenvalue weighted by molar-refractivity contribution is 6.20. The summed E-state index contributed by atoms with van der Waals surface area (Å²) >= 11 is 0. The minimum Gasteiger partial charge on any atom is -0.368 e. The molecule has 0 aliphatic carbocycles. The Morgan fingerprint density at radius 3 is 2.55 bits per heavy atom. The fourth-order valence-corrected chi connectivity index (χ4v) is 3.28. The van der Waals surface area contributed by atoms with Crippen LogP contribution in [0.3, 0.4) is 0 Å². The number of nitrogens with two attached hydrogens (primary N) is 2. The molecule has 2 aromatic heterocycles. The number of anilines is 1. The summed E-state index contributed by atoms with van der Waals surface area (Å²) in [6.07, 6.45) is 0.160. The predicted molar refractivity (Wildman–Crippen MR) is 117 cm³/mol. The topological polar surface area (TPSA) is 124 Å². The monoisotopic (exact) mass is 455 g/mol. The van der Waals surface area contributed by atoms with Crippen molar-refractivity contribution in [3.05, 3.63) is 82.7 Å². The number of ether oxygens (including phenoxy) is 1. The Hall–Kier alpha value is -3.83. The number of nitrogens with one attached hydrogen (secondary N) is 1. The minimum absolute atomic E-state index is 0.0382. The molecule has 3 heterocycles. The van der Waals surface area contributed by atoms with Crippen molar-refractivity contribution in [3.63, 3.8) is 0 Å². The van der Waals surface area contributed by atoms with Gasteiger partial charge in [-0.2, -0.15) is 0 Å². The van der Waals surface area contributed by atoms with Crippen LogP contribution in [0.2, 0.25) is 0 Å². The van der Waals surface area contributed by atoms with Crippen molar-refractivity contribution in [2.24, 2.45) is 10.7 Å². The summed E-state index contributed by atoms with van der Waals surface area (Å²) in [6, 6.07) is 10.1. The van der Waals surface area contributed by atoms with Crippen molar-refractivity contribution in [1.82, 2.24) is 20.3 Å². The Morgan fingerprint density at radius 2 is 1.85 bits per heavy atom. The second kappa shape index (κ2) is 8.96. The van der Waals surface area contributed by atoms with Gasteiger partial charge in [-0.05, 0) is 60.5 Å². The summed E-state index contributed by atoms with van der Waals surface area (Å²) in [7, 11) is 0. The van der Waals surface area contributed by atoms with E-state index in [1.807, 2.05) is 0 Å². The number of hydrogen-bond donors (Lipinski definition) is 3. The summed E-state index contributed by atoms with van der Waals surface area (Å²) < 4.78 is 46.0. The molecule has 8 nitrogen and oxygen atoms in total. The van der Waals surface area contributed by atoms with Gasteiger partial charge in [-0.1, -0.05) is 0 Å². The zero-order chi connectivity index (χ0) is 23.6. The lowest BCUT2D eigenvalue weighted by molar-refractivity contribution is -0.0607. The first kappa shape index (κ1) is 22.4. The van der Waals surface area contributed by atoms with Crippen LogP contribution in [-0.4, -0.2) is 27.1 Å². The van der Waals surface area contributed by atoms with Gasteiger partial charge >= 0.3 is 0 Å². The Morgan fingerprint density at radius 1 is 1.09 bits per heavy atom. The number of aliphatic imine (C=N–C) groups is 1. The fraction of sp³-hybridized carbons (Fsp3) is 0.182. The van der Waals surface area contributed by atoms with E-state index in [1.165, 1.54) is 42.7 Å². The first-order chi connectivity index (χ1) is 15.7. The molecular formula is C22H20F3N7O. The van der Waals surface area contributed by atoms with Crippen LogP contribution in [0.5, 0.6) is 0 Å². The molecule has 1 atom stereocenters. The summed E-state index contributed by atoms with van der Waals surface area (Å²) in [5.74, 6) is -2.05. The number of halogens is 3. The van der Waals surface area contributed by atoms with Crippen LogP contribution in [0.25, 0.3) is 11.3 Å². The molecular weight excluding hydrogens is 435 g/mol. The third-order valence-corrected chi connectivity index (χ3v) is 4.77. The number of allylic oxidation sites excluding steroid dienone is 1. The number of benzene rings is 1. The zero-order valence-electron chi connectivity index (χ0n) is 17.5. The molecule has 5 N–H and O–H groups in total. The molecule has 11 heteroatoms. The lowest BCUT2D eigenvalue weighted by atomic mass is 9.98. The van der Waals surface area contributed by atoms with Gasteiger partial charge in [0.1, 0.15) is 11.5 Å². The Labute approximate surface area is 187 Å². The lowest BCUT2D eigenvalue weighted by Crippen LogP contribution is -2.54. The van der Waals surface area contributed by atoms with Crippen molar-refractivity contribution in [2.45, 2.75) is 25.9 Å². The van der Waals surface area contributed by atoms with Gasteiger partial charge in [0, 0.05) is 23.7 Å². The van der Waals surface area contributed by atoms with Gasteiger partial charge < -0.3 is 15.8 Å². The highest BCUT2D eigenvalue weighted by Gasteiger charge is 2.31. The minimum atomic E-state index is -2.75. The van der Waals surface area contributed by atoms with Gasteiger partial charge in [0.05, 0.1) is 18.0 Å². The van der Waals surface area contributed by atoms with Crippen LogP contribution in [0, 0.1) is 12.7 Å². The molecule has 0 bridgehead atoms. The van der Waals surface area contributed by atoms with Gasteiger partial charge in [0.15, 0.2) is 0 Å². The van der Waals surface area contributed by atoms with Crippen molar-refractivity contribution in [2.75, 3.05) is 5.73 Å². The molecule has 4 rings (SSSR count). The van der Waals surface area contributed by atoms with Gasteiger partial charge in [0.2, 0.25) is 5.95 Å². The SMILES string of the molecule is Cc1cc(C2=C(c3ccc(F)cc3)NC(N)(OCc3ccnc(N)n3)N=C2)cc(C(F)F)n1. The average Bonchev–Trinajstić information content (AvgIpc) is 2.78. The average molecular weight is 455 g/mol. The molecule has 33 heavy (non-hydrogen) atoms. The maximum absolute atomic E-state index is 13.5. The first-order valence-corrected chi connectivity index (χ1v) is 9.83. The van der Waals surface area contributed by atoms with Crippen LogP contribution in [-0.2, 0) is 11.3 Å². The Kier molecular flexibility index (Phi) is 6.07. The number of aromatic nitrogens is 3. The number of alkyl halides is 2. The third-order valence-electron chi connectivity index (χ3n) is 4.77. The maximum atomic E-state index is 13.5. The number of nitrogen functional groups attached to an aromatic ring is 1. The van der Waals surface area contributed by atoms with E-state index in [2.05, 4.69) is 25.3 Å². The second-order valence-corrected chi connectivity index (χ2v) is 7.29. The fourth-order valence-electron chi connectivity index (χ4n) is 3.28. The van der Waals surface area contributed by atoms with Crippen LogP contribution in [0.1, 0.15) is 34.6 Å². The molecule has 1 aliphatic heterocycles. The molecule has 0 saturated heterocycles. The number of nitrogens with zero attached hydrogens (tertiary/aromatic N) is 4. The molecule has 170 valence electrons. The van der Waals surface area contributed by atoms with E-state index in [0.717, 1.165) is 0 Å². The molecule has 1 unspecified atom stereocenters. The van der Waals surface area contributed by atoms with Gasteiger partial charge in [-0.25, -0.2) is 28.1 Å². The number of hydrogen-bond acceptors (Lipinski definition) is 8. The van der Waals surface area contributed by atoms with E-state index in [0.29, 0.717) is 33.8 Å². The summed E-state index contributed by atoms with van der Waals surface area (Å²) in [5, 5.41) is 3.00. The van der Waals surface area contributed by atoms with E-state index in [1.54, 1.807) is 19.1 Å². The number of rotatable bonds is 6. The molecule has 0 amide bonds. The van der Waals surface area contributed by atoms with Crippen LogP contribution < -0.4 is 16.8 Å². The molecule has 0 radical (unpaired) electrons. The number of aryl methyl sites for hydroxylation is 1. The smallest absolute Gasteiger partial charge is 0.298 e. The third kappa shape index (κ3) is 5.16. The van der Waals surface area contributed by atoms with Crippen molar-refractivity contribution in [1.29, 1.82) is 0 Å². The normalized spacial score (nSPS) is 18.0. The largest absolute Gasteiger partial charge is 0.368 e. The van der Waals surface area contributed by atoms with Gasteiger partial charge in [-0.15, -0.1) is 0 Å². The van der Waals surface area contributed by atoms with E-state index in [9.17, 15) is 13.2 Å². The quantitative estimate of drug-likeness (QED) is 0.488. The first-order valence-electron chi connectivity index (χ1n) is 9.83. The van der Waals surface area contributed by atoms with E-state index < -0.39 is 18.2 Å². The van der Waals surface area contributed by atoms with Crippen LogP contribution in [0.15, 0.2) is 53.7 Å². The standard InChI is InChI=1S/C22H20F3N7O/c1-12-8-14(9-18(30-12)20(24)25)17-10-29-22(27,33-11-16-6-7-28-21(26)31-16)32-19(17)13-2-4-15(23)5-3-13/h2-10,20,32H,11,27H2,1H3,(H2,26,28,31). The van der Waals surface area contributed by atoms with Crippen LogP contribution >= 0.6 is 0 Å². The Bertz CT molecular complexity index is 1230. The van der Waals surface area contributed by atoms with Crippen LogP contribution in [0.4, 0.5) is 19.1 Å². The summed E-state index contributed by atoms with van der Waals surface area (Å²) in [6.45, 7) is 1.58. The van der Waals surface area contributed by atoms with Gasteiger partial charge in [-0.3, -0.25) is 10.7 Å². The molecule has 1 aliphatic rings. The molecule has 0 saturated carbocycles. The van der Waals surface area contributed by atoms with Crippen molar-refractivity contribution >= 4 is 23.4 Å². The Balaban J connectivity index is 1.72. The highest BCUT2D eigenvalue weighted by atomic mass is 19.3. The molecule has 1 aromatic carbocycles. The van der Waals surface area contributed by atoms with E-state index >= 15 is 0 Å². The van der Waals surface area contributed by atoms with Gasteiger partial charge in [0.25, 0.3) is 12.4 Å². The molecule has 0 fully saturated rings. The highest BCUT2D eigenvalue weighted by Crippen LogP contribution is 2.31. The summed E-state index contributed by atoms with van der Waals surface area (Å²) in [5.41, 5.74) is 14.3.